The van der Waals surface area contributed by atoms with E-state index in [9.17, 15) is 9.18 Å². The first-order chi connectivity index (χ1) is 11.1. The van der Waals surface area contributed by atoms with Crippen molar-refractivity contribution in [1.29, 1.82) is 0 Å². The number of nitrogens with one attached hydrogen (secondary N) is 2. The lowest BCUT2D eigenvalue weighted by atomic mass is 9.89. The molecule has 0 fully saturated rings. The van der Waals surface area contributed by atoms with Crippen molar-refractivity contribution in [2.45, 2.75) is 38.6 Å². The van der Waals surface area contributed by atoms with Gasteiger partial charge in [0.15, 0.2) is 0 Å². The number of carbonyl (C=O) groups is 1. The van der Waals surface area contributed by atoms with Gasteiger partial charge in [-0.15, -0.1) is 0 Å². The molecule has 0 aliphatic heterocycles. The number of hydrogen-bond donors (Lipinski definition) is 2. The van der Waals surface area contributed by atoms with Gasteiger partial charge >= 0.3 is 6.03 Å². The molecule has 0 spiro atoms. The zero-order valence-electron chi connectivity index (χ0n) is 13.2. The van der Waals surface area contributed by atoms with E-state index in [0.717, 1.165) is 18.4 Å². The molecule has 2 amide bonds. The van der Waals surface area contributed by atoms with E-state index in [-0.39, 0.29) is 17.9 Å². The number of fused-ring (bicyclic) bond motifs is 1. The highest BCUT2D eigenvalue weighted by Crippen LogP contribution is 2.24. The zero-order chi connectivity index (χ0) is 16.2. The van der Waals surface area contributed by atoms with Gasteiger partial charge in [-0.25, -0.2) is 9.18 Å². The number of amides is 2. The predicted molar refractivity (Wildman–Crippen MR) is 90.1 cm³/mol. The highest BCUT2D eigenvalue weighted by molar-refractivity contribution is 5.89. The van der Waals surface area contributed by atoms with Crippen molar-refractivity contribution >= 4 is 11.7 Å². The summed E-state index contributed by atoms with van der Waals surface area (Å²) in [6.07, 6.45) is 4.76. The van der Waals surface area contributed by atoms with Crippen LogP contribution in [-0.4, -0.2) is 6.03 Å². The lowest BCUT2D eigenvalue weighted by Crippen LogP contribution is -2.31. The molecule has 0 aromatic heterocycles. The Kier molecular flexibility index (Phi) is 4.60. The molecule has 0 saturated heterocycles. The van der Waals surface area contributed by atoms with Gasteiger partial charge in [-0.2, -0.15) is 0 Å². The molecule has 2 N–H and O–H groups in total. The predicted octanol–water partition coefficient (Wildman–Crippen LogP) is 4.59. The fourth-order valence-corrected chi connectivity index (χ4v) is 3.04. The summed E-state index contributed by atoms with van der Waals surface area (Å²) in [4.78, 5) is 12.1. The molecule has 0 radical (unpaired) electrons. The van der Waals surface area contributed by atoms with Crippen LogP contribution >= 0.6 is 0 Å². The molecule has 0 saturated carbocycles. The first-order valence-electron chi connectivity index (χ1n) is 8.06. The molecule has 0 heterocycles. The van der Waals surface area contributed by atoms with E-state index in [1.807, 2.05) is 6.92 Å². The van der Waals surface area contributed by atoms with Crippen LogP contribution in [0, 0.1) is 5.82 Å². The number of urea groups is 1. The lowest BCUT2D eigenvalue weighted by Gasteiger charge is -2.20. The number of benzene rings is 2. The Hall–Kier alpha value is -2.36. The molecular formula is C19H21FN2O. The van der Waals surface area contributed by atoms with Gasteiger partial charge in [0.25, 0.3) is 0 Å². The maximum Gasteiger partial charge on any atom is 0.319 e. The number of carbonyl (C=O) groups excluding carboxylic acids is 1. The minimum absolute atomic E-state index is 0.101. The summed E-state index contributed by atoms with van der Waals surface area (Å²) in [5.41, 5.74) is 4.37. The van der Waals surface area contributed by atoms with Gasteiger partial charge in [-0.05, 0) is 67.5 Å². The largest absolute Gasteiger partial charge is 0.331 e. The van der Waals surface area contributed by atoms with Crippen LogP contribution in [0.15, 0.2) is 42.5 Å². The van der Waals surface area contributed by atoms with Crippen molar-refractivity contribution in [2.24, 2.45) is 0 Å². The number of rotatable bonds is 3. The zero-order valence-corrected chi connectivity index (χ0v) is 13.2. The molecule has 3 rings (SSSR count). The molecule has 3 nitrogen and oxygen atoms in total. The second-order valence-electron chi connectivity index (χ2n) is 6.07. The van der Waals surface area contributed by atoms with Crippen molar-refractivity contribution in [2.75, 3.05) is 5.32 Å². The fourth-order valence-electron chi connectivity index (χ4n) is 3.04. The smallest absolute Gasteiger partial charge is 0.319 e. The molecular weight excluding hydrogens is 291 g/mol. The van der Waals surface area contributed by atoms with E-state index >= 15 is 0 Å². The van der Waals surface area contributed by atoms with E-state index in [1.165, 1.54) is 36.1 Å². The first kappa shape index (κ1) is 15.5. The molecule has 1 atom stereocenters. The van der Waals surface area contributed by atoms with Gasteiger partial charge in [-0.1, -0.05) is 24.3 Å². The molecule has 2 aromatic carbocycles. The van der Waals surface area contributed by atoms with E-state index in [4.69, 9.17) is 0 Å². The second-order valence-corrected chi connectivity index (χ2v) is 6.07. The van der Waals surface area contributed by atoms with Crippen molar-refractivity contribution in [3.05, 3.63) is 65.0 Å². The summed E-state index contributed by atoms with van der Waals surface area (Å²) in [7, 11) is 0. The van der Waals surface area contributed by atoms with Crippen molar-refractivity contribution in [3.63, 3.8) is 0 Å². The van der Waals surface area contributed by atoms with Crippen LogP contribution in [0.4, 0.5) is 14.9 Å². The minimum atomic E-state index is -0.370. The Morgan fingerprint density at radius 3 is 2.65 bits per heavy atom. The topological polar surface area (TPSA) is 41.1 Å². The van der Waals surface area contributed by atoms with Crippen LogP contribution in [0.1, 0.15) is 42.5 Å². The normalized spacial score (nSPS) is 14.7. The van der Waals surface area contributed by atoms with Crippen LogP contribution in [-0.2, 0) is 12.8 Å². The van der Waals surface area contributed by atoms with Gasteiger partial charge in [0, 0.05) is 5.69 Å². The second kappa shape index (κ2) is 6.82. The van der Waals surface area contributed by atoms with Gasteiger partial charge in [0.05, 0.1) is 6.04 Å². The third-order valence-electron chi connectivity index (χ3n) is 4.30. The van der Waals surface area contributed by atoms with Crippen LogP contribution in [0.3, 0.4) is 0 Å². The Bertz CT molecular complexity index is 714. The highest BCUT2D eigenvalue weighted by Gasteiger charge is 2.14. The van der Waals surface area contributed by atoms with E-state index < -0.39 is 0 Å². The maximum absolute atomic E-state index is 13.1. The number of hydrogen-bond acceptors (Lipinski definition) is 1. The Morgan fingerprint density at radius 1 is 1.09 bits per heavy atom. The van der Waals surface area contributed by atoms with Crippen molar-refractivity contribution in [3.8, 4) is 0 Å². The molecule has 1 unspecified atom stereocenters. The summed E-state index contributed by atoms with van der Waals surface area (Å²) in [5, 5.41) is 5.55. The first-order valence-corrected chi connectivity index (χ1v) is 8.06. The average molecular weight is 312 g/mol. The number of anilines is 1. The molecule has 23 heavy (non-hydrogen) atoms. The van der Waals surface area contributed by atoms with Gasteiger partial charge < -0.3 is 10.6 Å². The summed E-state index contributed by atoms with van der Waals surface area (Å²) >= 11 is 0. The fraction of sp³-hybridized carbons (Fsp3) is 0.316. The van der Waals surface area contributed by atoms with Crippen LogP contribution in [0.5, 0.6) is 0 Å². The van der Waals surface area contributed by atoms with Gasteiger partial charge in [0.2, 0.25) is 0 Å². The van der Waals surface area contributed by atoms with E-state index in [0.29, 0.717) is 5.69 Å². The molecule has 120 valence electrons. The Labute approximate surface area is 135 Å². The number of aryl methyl sites for hydroxylation is 2. The van der Waals surface area contributed by atoms with Crippen LogP contribution in [0.25, 0.3) is 0 Å². The van der Waals surface area contributed by atoms with Crippen molar-refractivity contribution < 1.29 is 9.18 Å². The monoisotopic (exact) mass is 312 g/mol. The standard InChI is InChI=1S/C19H21FN2O/c1-13(15-10-9-14-5-2-3-6-16(14)11-15)21-19(23)22-18-8-4-7-17(20)12-18/h4,7-13H,2-3,5-6H2,1H3,(H2,21,22,23). The van der Waals surface area contributed by atoms with Gasteiger partial charge in [0.1, 0.15) is 5.82 Å². The molecule has 4 heteroatoms. The van der Waals surface area contributed by atoms with Crippen molar-refractivity contribution in [1.82, 2.24) is 5.32 Å². The molecule has 1 aliphatic rings. The Balaban J connectivity index is 1.64. The quantitative estimate of drug-likeness (QED) is 0.855. The third-order valence-corrected chi connectivity index (χ3v) is 4.30. The van der Waals surface area contributed by atoms with E-state index in [2.05, 4.69) is 28.8 Å². The van der Waals surface area contributed by atoms with E-state index in [1.54, 1.807) is 12.1 Å². The summed E-state index contributed by atoms with van der Waals surface area (Å²) < 4.78 is 13.1. The van der Waals surface area contributed by atoms with Crippen LogP contribution < -0.4 is 10.6 Å². The average Bonchev–Trinajstić information content (AvgIpc) is 2.54. The van der Waals surface area contributed by atoms with Gasteiger partial charge in [-0.3, -0.25) is 0 Å². The Morgan fingerprint density at radius 2 is 1.87 bits per heavy atom. The summed E-state index contributed by atoms with van der Waals surface area (Å²) in [6, 6.07) is 11.9. The van der Waals surface area contributed by atoms with Crippen LogP contribution in [0.2, 0.25) is 0 Å². The molecule has 0 bridgehead atoms. The maximum atomic E-state index is 13.1. The summed E-state index contributed by atoms with van der Waals surface area (Å²) in [5.74, 6) is -0.370. The SMILES string of the molecule is CC(NC(=O)Nc1cccc(F)c1)c1ccc2c(c1)CCCC2. The summed E-state index contributed by atoms with van der Waals surface area (Å²) in [6.45, 7) is 1.95. The minimum Gasteiger partial charge on any atom is -0.331 e. The lowest BCUT2D eigenvalue weighted by molar-refractivity contribution is 0.249. The third kappa shape index (κ3) is 3.89. The number of halogens is 1. The molecule has 2 aromatic rings. The molecule has 1 aliphatic carbocycles. The highest BCUT2D eigenvalue weighted by atomic mass is 19.1.